The van der Waals surface area contributed by atoms with Crippen LogP contribution in [-0.2, 0) is 70.5 Å². The topological polar surface area (TPSA) is 306 Å². The Balaban J connectivity index is -0.00000227. The van der Waals surface area contributed by atoms with E-state index in [2.05, 4.69) is 51.6 Å². The normalized spacial score (nSPS) is 11.5. The first kappa shape index (κ1) is 132. The standard InChI is InChI=1S/C58H110N2O9.C41H81NO6.C10H21NO4Si/c1-6-11-16-18-20-22-24-26-28-30-32-34-36-40-47-60(48-41-37-35-33-31-29-27-25-23-21-19-17-12-7-2)53(61)44-45-56(64)68-51-58(49-66-54(62)42-38-13-8-3,50-67-55(63)43-39-14-9-4)52-69-57(65)59-46-15-10-5;1-3-5-7-9-11-13-15-17-19-21-23-25-27-29-33-42(39(46)31-32-40(47)48-38-41(35-43,36-44)37-45)34-30-28-26-24-22-20-18-16-14-12-10-8-6-4-2;1-4-13-16(14-5-2,15-6-3)9-7-8-12-10-11/h6-52H2,1-5H3,(H,59,65);43-45H,3-38H2,1-2H3;4-9H2,1-3H3. The third-order valence-corrected chi connectivity index (χ3v) is 28.4. The third kappa shape index (κ3) is 88.5. The maximum Gasteiger partial charge on any atom is 0.501 e. The lowest BCUT2D eigenvalue weighted by atomic mass is 9.92. The molecule has 0 bridgehead atoms. The van der Waals surface area contributed by atoms with Gasteiger partial charge in [-0.2, -0.15) is 5.26 Å². The number of aliphatic hydroxyl groups excluding tert-OH is 3. The third-order valence-electron chi connectivity index (χ3n) is 25.2. The first-order valence-electron chi connectivity index (χ1n) is 55.7. The summed E-state index contributed by atoms with van der Waals surface area (Å²) in [5, 5.41) is 39.3. The number of amides is 3. The molecule has 0 atom stereocenters. The summed E-state index contributed by atoms with van der Waals surface area (Å²) >= 11 is 0. The number of nitriles is 1. The number of alkyl carbamates (subject to hydrolysis) is 1. The summed E-state index contributed by atoms with van der Waals surface area (Å²) in [4.78, 5) is 94.9. The highest BCUT2D eigenvalue weighted by atomic mass is 28.4. The van der Waals surface area contributed by atoms with Gasteiger partial charge in [0.2, 0.25) is 11.8 Å². The second-order valence-corrected chi connectivity index (χ2v) is 40.8. The Labute approximate surface area is 817 Å². The molecule has 0 aromatic carbocycles. The van der Waals surface area contributed by atoms with Crippen molar-refractivity contribution in [2.45, 2.75) is 531 Å². The zero-order valence-electron chi connectivity index (χ0n) is 88.1. The summed E-state index contributed by atoms with van der Waals surface area (Å²) in [6.45, 7) is 23.4. The smallest absolute Gasteiger partial charge is 0.465 e. The van der Waals surface area contributed by atoms with Gasteiger partial charge in [-0.3, -0.25) is 28.8 Å². The van der Waals surface area contributed by atoms with Crippen LogP contribution in [-0.4, -0.2) is 188 Å². The van der Waals surface area contributed by atoms with E-state index < -0.39 is 69.4 Å². The fourth-order valence-electron chi connectivity index (χ4n) is 16.3. The predicted molar refractivity (Wildman–Crippen MR) is 547 cm³/mol. The molecule has 3 amide bonds. The van der Waals surface area contributed by atoms with E-state index in [-0.39, 0.29) is 83.4 Å². The Morgan fingerprint density at radius 1 is 0.278 bits per heavy atom. The van der Waals surface area contributed by atoms with Crippen molar-refractivity contribution in [1.82, 2.24) is 15.1 Å². The summed E-state index contributed by atoms with van der Waals surface area (Å²) in [7, 11) is -2.53. The minimum atomic E-state index is -2.53. The number of nitrogens with one attached hydrogen (secondary N) is 1. The number of hydrogen-bond acceptors (Lipinski definition) is 20. The van der Waals surface area contributed by atoms with Crippen molar-refractivity contribution in [3.8, 4) is 6.26 Å². The fourth-order valence-corrected chi connectivity index (χ4v) is 18.9. The zero-order chi connectivity index (χ0) is 98.4. The summed E-state index contributed by atoms with van der Waals surface area (Å²) in [6.07, 6.45) is 81.1. The lowest BCUT2D eigenvalue weighted by Crippen LogP contribution is -2.46. The van der Waals surface area contributed by atoms with Gasteiger partial charge < -0.3 is 72.1 Å². The Morgan fingerprint density at radius 2 is 0.504 bits per heavy atom. The van der Waals surface area contributed by atoms with Gasteiger partial charge in [0, 0.05) is 84.3 Å². The highest BCUT2D eigenvalue weighted by molar-refractivity contribution is 6.60. The Morgan fingerprint density at radius 3 is 0.744 bits per heavy atom. The molecular weight excluding hydrogens is 1700 g/mol. The largest absolute Gasteiger partial charge is 0.501 e. The van der Waals surface area contributed by atoms with Crippen molar-refractivity contribution >= 4 is 50.6 Å². The number of aliphatic hydroxyl groups is 3. The summed E-state index contributed by atoms with van der Waals surface area (Å²) in [5.41, 5.74) is -2.59. The van der Waals surface area contributed by atoms with Gasteiger partial charge >= 0.3 is 38.8 Å². The molecule has 0 aliphatic rings. The van der Waals surface area contributed by atoms with Gasteiger partial charge in [-0.25, -0.2) is 4.79 Å². The van der Waals surface area contributed by atoms with Crippen LogP contribution < -0.4 is 5.32 Å². The van der Waals surface area contributed by atoms with E-state index in [4.69, 9.17) is 42.2 Å². The van der Waals surface area contributed by atoms with Crippen LogP contribution in [0.2, 0.25) is 6.04 Å². The van der Waals surface area contributed by atoms with Crippen molar-refractivity contribution in [2.24, 2.45) is 10.8 Å². The van der Waals surface area contributed by atoms with Crippen molar-refractivity contribution in [1.29, 1.82) is 5.26 Å². The van der Waals surface area contributed by atoms with E-state index in [0.29, 0.717) is 71.4 Å². The highest BCUT2D eigenvalue weighted by Gasteiger charge is 2.41. The second-order valence-electron chi connectivity index (χ2n) is 38.1. The van der Waals surface area contributed by atoms with Crippen molar-refractivity contribution < 1.29 is 90.6 Å². The molecule has 0 aromatic heterocycles. The van der Waals surface area contributed by atoms with Crippen molar-refractivity contribution in [2.75, 3.05) is 112 Å². The average Bonchev–Trinajstić information content (AvgIpc) is 0.847. The molecule has 133 heavy (non-hydrogen) atoms. The molecule has 0 saturated heterocycles. The Kier molecular flexibility index (Phi) is 103. The molecule has 0 saturated carbocycles. The van der Waals surface area contributed by atoms with Gasteiger partial charge in [-0.1, -0.05) is 414 Å². The maximum absolute atomic E-state index is 13.8. The molecule has 0 aliphatic heterocycles. The van der Waals surface area contributed by atoms with E-state index >= 15 is 0 Å². The van der Waals surface area contributed by atoms with Gasteiger partial charge in [0.25, 0.3) is 6.26 Å². The maximum atomic E-state index is 13.8. The zero-order valence-corrected chi connectivity index (χ0v) is 89.1. The van der Waals surface area contributed by atoms with Crippen LogP contribution in [0.3, 0.4) is 0 Å². The van der Waals surface area contributed by atoms with Gasteiger partial charge in [0.15, 0.2) is 0 Å². The van der Waals surface area contributed by atoms with Crippen LogP contribution in [0.1, 0.15) is 525 Å². The number of rotatable bonds is 100. The molecule has 0 fully saturated rings. The number of esters is 4. The van der Waals surface area contributed by atoms with Crippen LogP contribution >= 0.6 is 0 Å². The quantitative estimate of drug-likeness (QED) is 0.0145. The molecule has 4 N–H and O–H groups in total. The molecule has 786 valence electrons. The summed E-state index contributed by atoms with van der Waals surface area (Å²) in [6, 6.07) is 0.685. The van der Waals surface area contributed by atoms with Crippen LogP contribution in [0.25, 0.3) is 0 Å². The van der Waals surface area contributed by atoms with E-state index in [9.17, 15) is 48.9 Å². The fraction of sp³-hybridized carbons (Fsp3) is 0.927. The molecule has 24 heteroatoms. The van der Waals surface area contributed by atoms with Crippen LogP contribution in [0.15, 0.2) is 0 Å². The average molecular weight is 1910 g/mol. The number of ether oxygens (including phenoxy) is 6. The van der Waals surface area contributed by atoms with E-state index in [0.717, 1.165) is 103 Å². The first-order valence-corrected chi connectivity index (χ1v) is 57.7. The van der Waals surface area contributed by atoms with Gasteiger partial charge in [-0.15, -0.1) is 0 Å². The monoisotopic (exact) mass is 1910 g/mol. The lowest BCUT2D eigenvalue weighted by molar-refractivity contribution is -0.166. The number of unbranched alkanes of at least 4 members (excludes halogenated alkanes) is 57. The minimum absolute atomic E-state index is 0.00549. The lowest BCUT2D eigenvalue weighted by Gasteiger charge is -2.31. The molecule has 0 heterocycles. The molecule has 0 radical (unpaired) electrons. The number of carbonyl (C=O) groups is 7. The second kappa shape index (κ2) is 103. The van der Waals surface area contributed by atoms with E-state index in [1.54, 1.807) is 6.26 Å². The van der Waals surface area contributed by atoms with Gasteiger partial charge in [0.05, 0.1) is 38.1 Å². The van der Waals surface area contributed by atoms with Gasteiger partial charge in [-0.05, 0) is 72.1 Å². The van der Waals surface area contributed by atoms with Crippen LogP contribution in [0.5, 0.6) is 0 Å². The number of hydrogen-bond donors (Lipinski definition) is 4. The number of carbonyl (C=O) groups excluding carboxylic acids is 7. The molecule has 0 rings (SSSR count). The summed E-state index contributed by atoms with van der Waals surface area (Å²) in [5.74, 6) is -2.04. The first-order chi connectivity index (χ1) is 64.9. The van der Waals surface area contributed by atoms with Crippen LogP contribution in [0, 0.1) is 22.3 Å². The predicted octanol–water partition coefficient (Wildman–Crippen LogP) is 27.8. The molecule has 0 aromatic rings. The minimum Gasteiger partial charge on any atom is -0.465 e. The molecular formula is C109H212N4O19Si. The van der Waals surface area contributed by atoms with Crippen molar-refractivity contribution in [3.63, 3.8) is 0 Å². The Bertz CT molecular complexity index is 2450. The molecule has 0 aliphatic carbocycles. The highest BCUT2D eigenvalue weighted by Crippen LogP contribution is 2.27. The Hall–Kier alpha value is -4.64. The summed E-state index contributed by atoms with van der Waals surface area (Å²) < 4.78 is 49.5. The van der Waals surface area contributed by atoms with Crippen LogP contribution in [0.4, 0.5) is 4.79 Å². The van der Waals surface area contributed by atoms with Gasteiger partial charge in [0.1, 0.15) is 45.1 Å². The molecule has 23 nitrogen and oxygen atoms in total. The van der Waals surface area contributed by atoms with Crippen molar-refractivity contribution in [3.05, 3.63) is 0 Å². The number of nitrogens with zero attached hydrogens (tertiary/aromatic N) is 3. The SMILES string of the molecule is CCCCCCCCCCCCCCCCN(CCCCCCCCCCCCCCCC)C(=O)CCC(=O)OCC(CO)(CO)CO.CCCCCCCCCCCCCCCCN(CCCCCCCCCCCCCCCC)C(=O)CCC(=O)OCC(COC(=O)CCCCC)(COC(=O)CCCCC)COC(=O)NCCCC.CCO[Si](CCCOC#N)(OCC)OCC. The van der Waals surface area contributed by atoms with E-state index in [1.807, 2.05) is 37.5 Å². The molecule has 0 unspecified atom stereocenters. The molecule has 0 spiro atoms. The van der Waals surface area contributed by atoms with E-state index in [1.165, 1.54) is 308 Å².